The first-order valence-corrected chi connectivity index (χ1v) is 6.81. The normalized spacial score (nSPS) is 10.6. The van der Waals surface area contributed by atoms with E-state index in [9.17, 15) is 0 Å². The van der Waals surface area contributed by atoms with Gasteiger partial charge in [-0.25, -0.2) is 15.0 Å². The Morgan fingerprint density at radius 1 is 1.05 bits per heavy atom. The molecule has 0 spiro atoms. The van der Waals surface area contributed by atoms with Gasteiger partial charge >= 0.3 is 0 Å². The van der Waals surface area contributed by atoms with Crippen LogP contribution in [-0.4, -0.2) is 15.0 Å². The molecule has 0 atom stereocenters. The van der Waals surface area contributed by atoms with Gasteiger partial charge in [0.2, 0.25) is 5.88 Å². The van der Waals surface area contributed by atoms with E-state index in [1.54, 1.807) is 6.20 Å². The molecule has 0 saturated carbocycles. The predicted molar refractivity (Wildman–Crippen MR) is 81.3 cm³/mol. The summed E-state index contributed by atoms with van der Waals surface area (Å²) in [7, 11) is 0. The molecule has 0 saturated heterocycles. The number of fused-ring (bicyclic) bond motifs is 1. The van der Waals surface area contributed by atoms with Crippen LogP contribution in [0, 0.1) is 10.6 Å². The quantitative estimate of drug-likeness (QED) is 0.514. The van der Waals surface area contributed by atoms with E-state index in [0.717, 1.165) is 20.2 Å². The zero-order chi connectivity index (χ0) is 13.2. The standard InChI is InChI=1S/C14H10IN3O/c1-9-2-4-12-11(6-9)14(18-8-17-12)19-10-3-5-13(15)16-7-10/h2-8H,1H3. The maximum Gasteiger partial charge on any atom is 0.230 e. The van der Waals surface area contributed by atoms with Crippen LogP contribution in [0.5, 0.6) is 11.6 Å². The molecule has 5 heteroatoms. The molecule has 0 radical (unpaired) electrons. The maximum atomic E-state index is 5.78. The average Bonchev–Trinajstić information content (AvgIpc) is 2.42. The first kappa shape index (κ1) is 12.3. The monoisotopic (exact) mass is 363 g/mol. The minimum Gasteiger partial charge on any atom is -0.437 e. The van der Waals surface area contributed by atoms with Crippen LogP contribution in [0.25, 0.3) is 10.9 Å². The highest BCUT2D eigenvalue weighted by Crippen LogP contribution is 2.26. The molecule has 0 N–H and O–H groups in total. The molecule has 94 valence electrons. The molecule has 2 aromatic heterocycles. The first-order valence-electron chi connectivity index (χ1n) is 5.73. The summed E-state index contributed by atoms with van der Waals surface area (Å²) in [6.45, 7) is 2.03. The number of aromatic nitrogens is 3. The van der Waals surface area contributed by atoms with E-state index in [1.807, 2.05) is 37.3 Å². The number of halogens is 1. The fourth-order valence-corrected chi connectivity index (χ4v) is 2.08. The minimum absolute atomic E-state index is 0.553. The molecule has 3 aromatic rings. The average molecular weight is 363 g/mol. The zero-order valence-corrected chi connectivity index (χ0v) is 12.3. The van der Waals surface area contributed by atoms with Crippen molar-refractivity contribution in [3.8, 4) is 11.6 Å². The second kappa shape index (κ2) is 5.08. The molecule has 0 aliphatic rings. The van der Waals surface area contributed by atoms with E-state index in [4.69, 9.17) is 4.74 Å². The van der Waals surface area contributed by atoms with Gasteiger partial charge in [0.25, 0.3) is 0 Å². The van der Waals surface area contributed by atoms with Crippen molar-refractivity contribution in [1.82, 2.24) is 15.0 Å². The van der Waals surface area contributed by atoms with E-state index < -0.39 is 0 Å². The van der Waals surface area contributed by atoms with Gasteiger partial charge in [-0.3, -0.25) is 0 Å². The van der Waals surface area contributed by atoms with Gasteiger partial charge in [0, 0.05) is 0 Å². The summed E-state index contributed by atoms with van der Waals surface area (Å²) in [6.07, 6.45) is 3.19. The van der Waals surface area contributed by atoms with Crippen LogP contribution in [0.1, 0.15) is 5.56 Å². The Balaban J connectivity index is 2.05. The molecule has 3 rings (SSSR count). The molecule has 0 aliphatic heterocycles. The Bertz CT molecular complexity index is 728. The molecular formula is C14H10IN3O. The Hall–Kier alpha value is -1.76. The first-order chi connectivity index (χ1) is 9.22. The molecular weight excluding hydrogens is 353 g/mol. The van der Waals surface area contributed by atoms with Crippen molar-refractivity contribution in [2.75, 3.05) is 0 Å². The zero-order valence-electron chi connectivity index (χ0n) is 10.2. The molecule has 0 fully saturated rings. The van der Waals surface area contributed by atoms with E-state index in [-0.39, 0.29) is 0 Å². The molecule has 2 heterocycles. The molecule has 0 aliphatic carbocycles. The van der Waals surface area contributed by atoms with Crippen LogP contribution >= 0.6 is 22.6 Å². The molecule has 0 amide bonds. The minimum atomic E-state index is 0.553. The van der Waals surface area contributed by atoms with Gasteiger partial charge < -0.3 is 4.74 Å². The summed E-state index contributed by atoms with van der Waals surface area (Å²) >= 11 is 2.15. The lowest BCUT2D eigenvalue weighted by atomic mass is 10.2. The van der Waals surface area contributed by atoms with Crippen LogP contribution < -0.4 is 4.74 Å². The van der Waals surface area contributed by atoms with Crippen LogP contribution in [0.4, 0.5) is 0 Å². The number of ether oxygens (including phenoxy) is 1. The second-order valence-corrected chi connectivity index (χ2v) is 5.22. The fraction of sp³-hybridized carbons (Fsp3) is 0.0714. The number of aryl methyl sites for hydroxylation is 1. The summed E-state index contributed by atoms with van der Waals surface area (Å²) in [5.74, 6) is 1.22. The Morgan fingerprint density at radius 3 is 2.74 bits per heavy atom. The number of benzene rings is 1. The number of nitrogens with zero attached hydrogens (tertiary/aromatic N) is 3. The number of hydrogen-bond donors (Lipinski definition) is 0. The van der Waals surface area contributed by atoms with Gasteiger partial charge in [-0.2, -0.15) is 0 Å². The largest absolute Gasteiger partial charge is 0.437 e. The number of hydrogen-bond acceptors (Lipinski definition) is 4. The maximum absolute atomic E-state index is 5.78. The van der Waals surface area contributed by atoms with Crippen molar-refractivity contribution in [1.29, 1.82) is 0 Å². The van der Waals surface area contributed by atoms with Crippen molar-refractivity contribution in [3.63, 3.8) is 0 Å². The van der Waals surface area contributed by atoms with Crippen LogP contribution in [0.3, 0.4) is 0 Å². The van der Waals surface area contributed by atoms with Crippen molar-refractivity contribution >= 4 is 33.5 Å². The molecule has 4 nitrogen and oxygen atoms in total. The molecule has 0 unspecified atom stereocenters. The highest BCUT2D eigenvalue weighted by Gasteiger charge is 2.06. The third-order valence-electron chi connectivity index (χ3n) is 2.67. The summed E-state index contributed by atoms with van der Waals surface area (Å²) in [5.41, 5.74) is 2.02. The van der Waals surface area contributed by atoms with Crippen molar-refractivity contribution in [2.24, 2.45) is 0 Å². The van der Waals surface area contributed by atoms with Gasteiger partial charge in [0.15, 0.2) is 0 Å². The highest BCUT2D eigenvalue weighted by atomic mass is 127. The van der Waals surface area contributed by atoms with Gasteiger partial charge in [-0.1, -0.05) is 11.6 Å². The smallest absolute Gasteiger partial charge is 0.230 e. The van der Waals surface area contributed by atoms with Crippen molar-refractivity contribution in [3.05, 3.63) is 52.1 Å². The predicted octanol–water partition coefficient (Wildman–Crippen LogP) is 3.73. The van der Waals surface area contributed by atoms with E-state index in [0.29, 0.717) is 11.6 Å². The topological polar surface area (TPSA) is 47.9 Å². The Kier molecular flexibility index (Phi) is 3.29. The van der Waals surface area contributed by atoms with Crippen molar-refractivity contribution < 1.29 is 4.74 Å². The van der Waals surface area contributed by atoms with Gasteiger partial charge in [-0.05, 0) is 53.8 Å². The lowest BCUT2D eigenvalue weighted by Crippen LogP contribution is -1.92. The third-order valence-corrected chi connectivity index (χ3v) is 3.31. The van der Waals surface area contributed by atoms with Gasteiger partial charge in [0.05, 0.1) is 17.1 Å². The van der Waals surface area contributed by atoms with E-state index in [2.05, 4.69) is 37.5 Å². The van der Waals surface area contributed by atoms with Crippen LogP contribution in [0.2, 0.25) is 0 Å². The summed E-state index contributed by atoms with van der Waals surface area (Å²) in [5, 5.41) is 0.904. The van der Waals surface area contributed by atoms with E-state index >= 15 is 0 Å². The summed E-state index contributed by atoms with van der Waals surface area (Å²) < 4.78 is 6.71. The second-order valence-electron chi connectivity index (χ2n) is 4.12. The fourth-order valence-electron chi connectivity index (χ4n) is 1.76. The Morgan fingerprint density at radius 2 is 1.95 bits per heavy atom. The third kappa shape index (κ3) is 2.65. The lowest BCUT2D eigenvalue weighted by molar-refractivity contribution is 0.465. The summed E-state index contributed by atoms with van der Waals surface area (Å²) in [6, 6.07) is 9.77. The van der Waals surface area contributed by atoms with Gasteiger partial charge in [0.1, 0.15) is 15.8 Å². The van der Waals surface area contributed by atoms with E-state index in [1.165, 1.54) is 6.33 Å². The molecule has 1 aromatic carbocycles. The molecule has 0 bridgehead atoms. The highest BCUT2D eigenvalue weighted by molar-refractivity contribution is 14.1. The van der Waals surface area contributed by atoms with Crippen molar-refractivity contribution in [2.45, 2.75) is 6.92 Å². The Labute approximate surface area is 124 Å². The molecule has 19 heavy (non-hydrogen) atoms. The summed E-state index contributed by atoms with van der Waals surface area (Å²) in [4.78, 5) is 12.6. The number of pyridine rings is 1. The lowest BCUT2D eigenvalue weighted by Gasteiger charge is -2.07. The SMILES string of the molecule is Cc1ccc2ncnc(Oc3ccc(I)nc3)c2c1. The van der Waals surface area contributed by atoms with Crippen LogP contribution in [-0.2, 0) is 0 Å². The van der Waals surface area contributed by atoms with Gasteiger partial charge in [-0.15, -0.1) is 0 Å². The van der Waals surface area contributed by atoms with Crippen LogP contribution in [0.15, 0.2) is 42.9 Å². The number of rotatable bonds is 2.